The van der Waals surface area contributed by atoms with Gasteiger partial charge in [0, 0.05) is 37.0 Å². The first-order valence-corrected chi connectivity index (χ1v) is 9.48. The molecule has 1 N–H and O–H groups in total. The molecule has 136 valence electrons. The summed E-state index contributed by atoms with van der Waals surface area (Å²) >= 11 is 0. The number of amides is 1. The van der Waals surface area contributed by atoms with Crippen molar-refractivity contribution in [2.75, 3.05) is 31.2 Å². The van der Waals surface area contributed by atoms with Gasteiger partial charge in [0.2, 0.25) is 0 Å². The third-order valence-corrected chi connectivity index (χ3v) is 5.23. The second-order valence-electron chi connectivity index (χ2n) is 6.96. The number of nitrogens with zero attached hydrogens (tertiary/aromatic N) is 2. The van der Waals surface area contributed by atoms with E-state index < -0.39 is 0 Å². The minimum Gasteiger partial charge on any atom is -0.378 e. The highest BCUT2D eigenvalue weighted by Crippen LogP contribution is 2.22. The van der Waals surface area contributed by atoms with Crippen LogP contribution in [0.15, 0.2) is 36.5 Å². The number of carbonyl (C=O) groups is 1. The van der Waals surface area contributed by atoms with Gasteiger partial charge in [-0.25, -0.2) is 4.98 Å². The molecule has 0 unspecified atom stereocenters. The van der Waals surface area contributed by atoms with Crippen LogP contribution in [0.4, 0.5) is 5.82 Å². The maximum absolute atomic E-state index is 12.6. The van der Waals surface area contributed by atoms with Crippen molar-refractivity contribution in [3.63, 3.8) is 0 Å². The van der Waals surface area contributed by atoms with E-state index in [0.29, 0.717) is 6.54 Å². The monoisotopic (exact) mass is 351 g/mol. The summed E-state index contributed by atoms with van der Waals surface area (Å²) < 4.78 is 5.42. The number of hydrogen-bond acceptors (Lipinski definition) is 4. The fraction of sp³-hybridized carbons (Fsp3) is 0.429. The molecule has 0 saturated carbocycles. The summed E-state index contributed by atoms with van der Waals surface area (Å²) in [7, 11) is 0. The highest BCUT2D eigenvalue weighted by atomic mass is 16.5. The van der Waals surface area contributed by atoms with E-state index in [2.05, 4.69) is 27.3 Å². The molecule has 1 aromatic heterocycles. The number of aromatic nitrogens is 1. The fourth-order valence-corrected chi connectivity index (χ4v) is 3.78. The molecule has 1 amide bonds. The van der Waals surface area contributed by atoms with Crippen molar-refractivity contribution in [2.24, 2.45) is 0 Å². The summed E-state index contributed by atoms with van der Waals surface area (Å²) in [4.78, 5) is 19.4. The van der Waals surface area contributed by atoms with Crippen molar-refractivity contribution in [1.29, 1.82) is 0 Å². The molecular formula is C21H25N3O2. The lowest BCUT2D eigenvalue weighted by Crippen LogP contribution is -2.37. The second-order valence-corrected chi connectivity index (χ2v) is 6.96. The number of rotatable bonds is 4. The lowest BCUT2D eigenvalue weighted by Gasteiger charge is -2.29. The van der Waals surface area contributed by atoms with Gasteiger partial charge in [-0.3, -0.25) is 4.79 Å². The Morgan fingerprint density at radius 1 is 1.12 bits per heavy atom. The highest BCUT2D eigenvalue weighted by molar-refractivity contribution is 5.94. The molecule has 2 heterocycles. The molecule has 26 heavy (non-hydrogen) atoms. The highest BCUT2D eigenvalue weighted by Gasteiger charge is 2.17. The Morgan fingerprint density at radius 3 is 2.77 bits per heavy atom. The van der Waals surface area contributed by atoms with E-state index in [1.54, 1.807) is 6.20 Å². The standard InChI is InChI=1S/C21H25N3O2/c25-21(18-8-7-16-4-1-2-5-17(16)14-18)23-15-19-6-3-9-22-20(19)24-10-12-26-13-11-24/h3,6-9,14H,1-2,4-5,10-13,15H2,(H,23,25). The molecule has 1 fully saturated rings. The number of pyridine rings is 1. The van der Waals surface area contributed by atoms with E-state index in [9.17, 15) is 4.79 Å². The smallest absolute Gasteiger partial charge is 0.251 e. The quantitative estimate of drug-likeness (QED) is 0.920. The number of hydrogen-bond donors (Lipinski definition) is 1. The van der Waals surface area contributed by atoms with Gasteiger partial charge in [-0.15, -0.1) is 0 Å². The summed E-state index contributed by atoms with van der Waals surface area (Å²) in [6.45, 7) is 3.59. The third kappa shape index (κ3) is 3.73. The first-order valence-electron chi connectivity index (χ1n) is 9.48. The number of aryl methyl sites for hydroxylation is 2. The van der Waals surface area contributed by atoms with Crippen LogP contribution in [0.5, 0.6) is 0 Å². The van der Waals surface area contributed by atoms with E-state index in [1.165, 1.54) is 24.0 Å². The van der Waals surface area contributed by atoms with Gasteiger partial charge in [0.15, 0.2) is 0 Å². The molecule has 0 radical (unpaired) electrons. The second kappa shape index (κ2) is 7.87. The Balaban J connectivity index is 1.45. The summed E-state index contributed by atoms with van der Waals surface area (Å²) in [5, 5.41) is 3.06. The molecule has 4 rings (SSSR count). The molecule has 0 bridgehead atoms. The van der Waals surface area contributed by atoms with E-state index >= 15 is 0 Å². The van der Waals surface area contributed by atoms with E-state index in [0.717, 1.165) is 56.1 Å². The fourth-order valence-electron chi connectivity index (χ4n) is 3.78. The molecule has 5 nitrogen and oxygen atoms in total. The molecule has 5 heteroatoms. The van der Waals surface area contributed by atoms with Crippen LogP contribution >= 0.6 is 0 Å². The van der Waals surface area contributed by atoms with E-state index in [4.69, 9.17) is 4.74 Å². The molecule has 0 spiro atoms. The number of morpholine rings is 1. The molecular weight excluding hydrogens is 326 g/mol. The zero-order valence-corrected chi connectivity index (χ0v) is 15.0. The first kappa shape index (κ1) is 17.0. The van der Waals surface area contributed by atoms with Crippen LogP contribution in [0.3, 0.4) is 0 Å². The summed E-state index contributed by atoms with van der Waals surface area (Å²) in [5.41, 5.74) is 4.53. The topological polar surface area (TPSA) is 54.5 Å². The van der Waals surface area contributed by atoms with Crippen molar-refractivity contribution in [1.82, 2.24) is 10.3 Å². The van der Waals surface area contributed by atoms with Crippen LogP contribution in [0.2, 0.25) is 0 Å². The Labute approximate surface area is 154 Å². The minimum absolute atomic E-state index is 0.0184. The number of nitrogens with one attached hydrogen (secondary N) is 1. The van der Waals surface area contributed by atoms with Crippen LogP contribution in [0.1, 0.15) is 39.9 Å². The van der Waals surface area contributed by atoms with Crippen LogP contribution in [-0.2, 0) is 24.1 Å². The molecule has 0 atom stereocenters. The number of carbonyl (C=O) groups excluding carboxylic acids is 1. The van der Waals surface area contributed by atoms with E-state index in [1.807, 2.05) is 18.2 Å². The predicted octanol–water partition coefficient (Wildman–Crippen LogP) is 2.73. The molecule has 1 aliphatic heterocycles. The number of fused-ring (bicyclic) bond motifs is 1. The minimum atomic E-state index is -0.0184. The van der Waals surface area contributed by atoms with Crippen molar-refractivity contribution < 1.29 is 9.53 Å². The van der Waals surface area contributed by atoms with Crippen LogP contribution in [0, 0.1) is 0 Å². The molecule has 1 aliphatic carbocycles. The Morgan fingerprint density at radius 2 is 1.92 bits per heavy atom. The van der Waals surface area contributed by atoms with Gasteiger partial charge in [0.25, 0.3) is 5.91 Å². The Kier molecular flexibility index (Phi) is 5.16. The maximum Gasteiger partial charge on any atom is 0.251 e. The SMILES string of the molecule is O=C(NCc1cccnc1N1CCOCC1)c1ccc2c(c1)CCCC2. The van der Waals surface area contributed by atoms with Crippen molar-refractivity contribution >= 4 is 11.7 Å². The Bertz CT molecular complexity index is 785. The lowest BCUT2D eigenvalue weighted by molar-refractivity contribution is 0.0950. The zero-order chi connectivity index (χ0) is 17.8. The normalized spacial score (nSPS) is 16.8. The van der Waals surface area contributed by atoms with Crippen LogP contribution in [0.25, 0.3) is 0 Å². The zero-order valence-electron chi connectivity index (χ0n) is 15.0. The van der Waals surface area contributed by atoms with Crippen LogP contribution < -0.4 is 10.2 Å². The maximum atomic E-state index is 12.6. The first-order chi connectivity index (χ1) is 12.8. The molecule has 2 aromatic rings. The lowest BCUT2D eigenvalue weighted by atomic mass is 9.90. The van der Waals surface area contributed by atoms with Gasteiger partial charge >= 0.3 is 0 Å². The van der Waals surface area contributed by atoms with Crippen molar-refractivity contribution in [3.8, 4) is 0 Å². The summed E-state index contributed by atoms with van der Waals surface area (Å²) in [6.07, 6.45) is 6.50. The largest absolute Gasteiger partial charge is 0.378 e. The van der Waals surface area contributed by atoms with Crippen molar-refractivity contribution in [2.45, 2.75) is 32.2 Å². The average molecular weight is 351 g/mol. The van der Waals surface area contributed by atoms with Gasteiger partial charge in [-0.2, -0.15) is 0 Å². The average Bonchev–Trinajstić information content (AvgIpc) is 2.72. The molecule has 1 aromatic carbocycles. The summed E-state index contributed by atoms with van der Waals surface area (Å²) in [6, 6.07) is 10.1. The number of anilines is 1. The third-order valence-electron chi connectivity index (χ3n) is 5.23. The van der Waals surface area contributed by atoms with E-state index in [-0.39, 0.29) is 5.91 Å². The van der Waals surface area contributed by atoms with Gasteiger partial charge in [0.05, 0.1) is 13.2 Å². The predicted molar refractivity (Wildman–Crippen MR) is 102 cm³/mol. The number of ether oxygens (including phenoxy) is 1. The van der Waals surface area contributed by atoms with Gasteiger partial charge in [-0.05, 0) is 55.0 Å². The van der Waals surface area contributed by atoms with Gasteiger partial charge in [0.1, 0.15) is 5.82 Å². The molecule has 2 aliphatic rings. The summed E-state index contributed by atoms with van der Waals surface area (Å²) in [5.74, 6) is 0.927. The van der Waals surface area contributed by atoms with Crippen molar-refractivity contribution in [3.05, 3.63) is 58.8 Å². The Hall–Kier alpha value is -2.40. The number of benzene rings is 1. The van der Waals surface area contributed by atoms with Gasteiger partial charge < -0.3 is 15.0 Å². The van der Waals surface area contributed by atoms with Crippen LogP contribution in [-0.4, -0.2) is 37.2 Å². The molecule has 1 saturated heterocycles. The van der Waals surface area contributed by atoms with Gasteiger partial charge in [-0.1, -0.05) is 12.1 Å².